The van der Waals surface area contributed by atoms with Gasteiger partial charge in [0.05, 0.1) is 12.6 Å². The number of aromatic nitrogens is 1. The normalized spacial score (nSPS) is 12.8. The minimum atomic E-state index is 0.239. The molecule has 3 nitrogen and oxygen atoms in total. The molecule has 1 aromatic rings. The molecule has 1 heterocycles. The minimum absolute atomic E-state index is 0.239. The second-order valence-corrected chi connectivity index (χ2v) is 3.18. The molecule has 0 amide bonds. The largest absolute Gasteiger partial charge is 0.380 e. The molecule has 1 unspecified atom stereocenters. The summed E-state index contributed by atoms with van der Waals surface area (Å²) >= 11 is 0. The van der Waals surface area contributed by atoms with Crippen LogP contribution in [0.25, 0.3) is 0 Å². The smallest absolute Gasteiger partial charge is 0.0661 e. The Balaban J connectivity index is 2.73. The molecule has 3 heteroatoms. The second-order valence-electron chi connectivity index (χ2n) is 3.18. The molecule has 1 N–H and O–H groups in total. The van der Waals surface area contributed by atoms with Crippen molar-refractivity contribution in [2.75, 3.05) is 20.3 Å². The molecule has 0 fully saturated rings. The van der Waals surface area contributed by atoms with E-state index in [0.29, 0.717) is 6.61 Å². The highest BCUT2D eigenvalue weighted by molar-refractivity contribution is 5.22. The van der Waals surface area contributed by atoms with Crippen LogP contribution in [0.2, 0.25) is 0 Å². The summed E-state index contributed by atoms with van der Waals surface area (Å²) in [6, 6.07) is 4.28. The molecule has 1 aromatic heterocycles. The second kappa shape index (κ2) is 5.73. The molecule has 0 saturated heterocycles. The fourth-order valence-electron chi connectivity index (χ4n) is 1.43. The van der Waals surface area contributed by atoms with Crippen LogP contribution in [0.5, 0.6) is 0 Å². The van der Waals surface area contributed by atoms with Gasteiger partial charge in [-0.15, -0.1) is 0 Å². The van der Waals surface area contributed by atoms with E-state index < -0.39 is 0 Å². The standard InChI is InChI=1S/C11H18N2O/c1-4-14-8-11(12-3)10-6-5-7-13-9(10)2/h5-7,11-12H,4,8H2,1-3H3. The summed E-state index contributed by atoms with van der Waals surface area (Å²) in [6.07, 6.45) is 1.81. The van der Waals surface area contributed by atoms with Crippen LogP contribution >= 0.6 is 0 Å². The van der Waals surface area contributed by atoms with Gasteiger partial charge in [-0.3, -0.25) is 4.98 Å². The number of hydrogen-bond donors (Lipinski definition) is 1. The first-order chi connectivity index (χ1) is 6.79. The molecule has 0 saturated carbocycles. The number of nitrogens with one attached hydrogen (secondary N) is 1. The summed E-state index contributed by atoms with van der Waals surface area (Å²) in [6.45, 7) is 5.46. The lowest BCUT2D eigenvalue weighted by atomic mass is 10.1. The summed E-state index contributed by atoms with van der Waals surface area (Å²) in [5, 5.41) is 3.23. The van der Waals surface area contributed by atoms with Gasteiger partial charge in [0.25, 0.3) is 0 Å². The minimum Gasteiger partial charge on any atom is -0.380 e. The molecule has 0 aliphatic heterocycles. The lowest BCUT2D eigenvalue weighted by Crippen LogP contribution is -2.22. The zero-order valence-electron chi connectivity index (χ0n) is 9.08. The van der Waals surface area contributed by atoms with Crippen molar-refractivity contribution in [2.24, 2.45) is 0 Å². The van der Waals surface area contributed by atoms with E-state index in [1.54, 1.807) is 0 Å². The number of ether oxygens (including phenoxy) is 1. The monoisotopic (exact) mass is 194 g/mol. The van der Waals surface area contributed by atoms with Gasteiger partial charge in [0.2, 0.25) is 0 Å². The van der Waals surface area contributed by atoms with Crippen molar-refractivity contribution in [3.8, 4) is 0 Å². The van der Waals surface area contributed by atoms with Gasteiger partial charge in [-0.05, 0) is 32.5 Å². The van der Waals surface area contributed by atoms with Crippen molar-refractivity contribution in [3.05, 3.63) is 29.6 Å². The van der Waals surface area contributed by atoms with E-state index in [1.807, 2.05) is 33.2 Å². The van der Waals surface area contributed by atoms with Gasteiger partial charge in [-0.2, -0.15) is 0 Å². The van der Waals surface area contributed by atoms with Gasteiger partial charge in [-0.25, -0.2) is 0 Å². The maximum absolute atomic E-state index is 5.41. The molecule has 1 rings (SSSR count). The summed E-state index contributed by atoms with van der Waals surface area (Å²) in [4.78, 5) is 4.26. The maximum Gasteiger partial charge on any atom is 0.0661 e. The van der Waals surface area contributed by atoms with Crippen molar-refractivity contribution < 1.29 is 4.74 Å². The van der Waals surface area contributed by atoms with Crippen LogP contribution in [0, 0.1) is 6.92 Å². The highest BCUT2D eigenvalue weighted by atomic mass is 16.5. The van der Waals surface area contributed by atoms with Crippen molar-refractivity contribution in [2.45, 2.75) is 19.9 Å². The molecular formula is C11H18N2O. The molecular weight excluding hydrogens is 176 g/mol. The Hall–Kier alpha value is -0.930. The Labute approximate surface area is 85.5 Å². The number of nitrogens with zero attached hydrogens (tertiary/aromatic N) is 1. The highest BCUT2D eigenvalue weighted by Gasteiger charge is 2.11. The Morgan fingerprint density at radius 1 is 1.57 bits per heavy atom. The third kappa shape index (κ3) is 2.79. The molecule has 0 spiro atoms. The molecule has 0 radical (unpaired) electrons. The summed E-state index contributed by atoms with van der Waals surface area (Å²) < 4.78 is 5.41. The third-order valence-electron chi connectivity index (χ3n) is 2.26. The molecule has 0 aliphatic rings. The number of pyridine rings is 1. The summed E-state index contributed by atoms with van der Waals surface area (Å²) in [7, 11) is 1.94. The summed E-state index contributed by atoms with van der Waals surface area (Å²) in [5.74, 6) is 0. The van der Waals surface area contributed by atoms with E-state index in [1.165, 1.54) is 5.56 Å². The average molecular weight is 194 g/mol. The lowest BCUT2D eigenvalue weighted by molar-refractivity contribution is 0.125. The van der Waals surface area contributed by atoms with E-state index in [4.69, 9.17) is 4.74 Å². The maximum atomic E-state index is 5.41. The van der Waals surface area contributed by atoms with Crippen LogP contribution in [0.15, 0.2) is 18.3 Å². The van der Waals surface area contributed by atoms with Crippen molar-refractivity contribution in [1.82, 2.24) is 10.3 Å². The van der Waals surface area contributed by atoms with Crippen LogP contribution in [-0.2, 0) is 4.74 Å². The Morgan fingerprint density at radius 2 is 2.36 bits per heavy atom. The molecule has 0 aromatic carbocycles. The van der Waals surface area contributed by atoms with Gasteiger partial charge in [0, 0.05) is 18.5 Å². The SMILES string of the molecule is CCOCC(NC)c1cccnc1C. The first-order valence-corrected chi connectivity index (χ1v) is 4.96. The Morgan fingerprint density at radius 3 is 2.93 bits per heavy atom. The molecule has 78 valence electrons. The van der Waals surface area contributed by atoms with E-state index in [0.717, 1.165) is 12.3 Å². The first kappa shape index (κ1) is 11.1. The first-order valence-electron chi connectivity index (χ1n) is 4.96. The van der Waals surface area contributed by atoms with Crippen LogP contribution < -0.4 is 5.32 Å². The lowest BCUT2D eigenvalue weighted by Gasteiger charge is -2.17. The molecule has 0 aliphatic carbocycles. The predicted octanol–water partition coefficient (Wildman–Crippen LogP) is 1.69. The van der Waals surface area contributed by atoms with Crippen LogP contribution in [0.4, 0.5) is 0 Å². The fraction of sp³-hybridized carbons (Fsp3) is 0.545. The van der Waals surface area contributed by atoms with Gasteiger partial charge in [-0.1, -0.05) is 6.07 Å². The van der Waals surface area contributed by atoms with Crippen molar-refractivity contribution in [3.63, 3.8) is 0 Å². The quantitative estimate of drug-likeness (QED) is 0.774. The molecule has 0 bridgehead atoms. The van der Waals surface area contributed by atoms with Crippen LogP contribution in [-0.4, -0.2) is 25.2 Å². The highest BCUT2D eigenvalue weighted by Crippen LogP contribution is 2.15. The third-order valence-corrected chi connectivity index (χ3v) is 2.26. The van der Waals surface area contributed by atoms with Crippen LogP contribution in [0.1, 0.15) is 24.2 Å². The van der Waals surface area contributed by atoms with E-state index in [9.17, 15) is 0 Å². The molecule has 1 atom stereocenters. The predicted molar refractivity (Wildman–Crippen MR) is 57.3 cm³/mol. The number of rotatable bonds is 5. The van der Waals surface area contributed by atoms with Gasteiger partial charge < -0.3 is 10.1 Å². The van der Waals surface area contributed by atoms with E-state index in [2.05, 4.69) is 16.4 Å². The van der Waals surface area contributed by atoms with Crippen molar-refractivity contribution in [1.29, 1.82) is 0 Å². The number of likely N-dealkylation sites (N-methyl/N-ethyl adjacent to an activating group) is 1. The zero-order chi connectivity index (χ0) is 10.4. The summed E-state index contributed by atoms with van der Waals surface area (Å²) in [5.41, 5.74) is 2.27. The number of aryl methyl sites for hydroxylation is 1. The Kier molecular flexibility index (Phi) is 4.56. The van der Waals surface area contributed by atoms with Crippen LogP contribution in [0.3, 0.4) is 0 Å². The van der Waals surface area contributed by atoms with Crippen molar-refractivity contribution >= 4 is 0 Å². The van der Waals surface area contributed by atoms with E-state index in [-0.39, 0.29) is 6.04 Å². The zero-order valence-corrected chi connectivity index (χ0v) is 9.08. The van der Waals surface area contributed by atoms with Gasteiger partial charge in [0.1, 0.15) is 0 Å². The average Bonchev–Trinajstić information content (AvgIpc) is 2.21. The van der Waals surface area contributed by atoms with Gasteiger partial charge in [0.15, 0.2) is 0 Å². The number of hydrogen-bond acceptors (Lipinski definition) is 3. The molecule has 14 heavy (non-hydrogen) atoms. The fourth-order valence-corrected chi connectivity index (χ4v) is 1.43. The topological polar surface area (TPSA) is 34.1 Å². The Bertz CT molecular complexity index is 276. The van der Waals surface area contributed by atoms with E-state index >= 15 is 0 Å². The van der Waals surface area contributed by atoms with Gasteiger partial charge >= 0.3 is 0 Å².